The molecule has 104 valence electrons. The first-order chi connectivity index (χ1) is 9.02. The zero-order valence-electron chi connectivity index (χ0n) is 11.1. The Kier molecular flexibility index (Phi) is 3.82. The molecule has 7 heteroatoms. The summed E-state index contributed by atoms with van der Waals surface area (Å²) < 4.78 is 0. The number of hydrogen-bond acceptors (Lipinski definition) is 4. The smallest absolute Gasteiger partial charge is 0.305 e. The minimum atomic E-state index is -0.924. The summed E-state index contributed by atoms with van der Waals surface area (Å²) in [6, 6.07) is -0.377. The van der Waals surface area contributed by atoms with Crippen molar-refractivity contribution in [1.29, 1.82) is 0 Å². The lowest BCUT2D eigenvalue weighted by atomic mass is 10.2. The fourth-order valence-corrected chi connectivity index (χ4v) is 2.06. The standard InChI is InChI=1S/C12H18N4O3/c1-3-16(7(2)6-9(17)18)12(19)11-13-10(14-15-11)8-4-5-8/h7-8H,3-6H2,1-2H3,(H,17,18)(H,13,14,15). The predicted octanol–water partition coefficient (Wildman–Crippen LogP) is 1.01. The third kappa shape index (κ3) is 3.10. The van der Waals surface area contributed by atoms with Gasteiger partial charge in [0.15, 0.2) is 0 Å². The van der Waals surface area contributed by atoms with Crippen LogP contribution in [0.25, 0.3) is 0 Å². The van der Waals surface area contributed by atoms with Crippen molar-refractivity contribution >= 4 is 11.9 Å². The van der Waals surface area contributed by atoms with Crippen molar-refractivity contribution in [2.75, 3.05) is 6.54 Å². The van der Waals surface area contributed by atoms with Crippen LogP contribution in [0.3, 0.4) is 0 Å². The summed E-state index contributed by atoms with van der Waals surface area (Å²) in [4.78, 5) is 28.6. The number of nitrogens with one attached hydrogen (secondary N) is 1. The number of aromatic nitrogens is 3. The van der Waals surface area contributed by atoms with Gasteiger partial charge in [0.25, 0.3) is 5.91 Å². The number of carboxylic acids is 1. The normalized spacial score (nSPS) is 16.1. The summed E-state index contributed by atoms with van der Waals surface area (Å²) >= 11 is 0. The van der Waals surface area contributed by atoms with E-state index in [0.717, 1.165) is 18.7 Å². The molecule has 0 spiro atoms. The van der Waals surface area contributed by atoms with Crippen LogP contribution in [0.2, 0.25) is 0 Å². The van der Waals surface area contributed by atoms with Gasteiger partial charge >= 0.3 is 5.97 Å². The number of aromatic amines is 1. The quantitative estimate of drug-likeness (QED) is 0.800. The monoisotopic (exact) mass is 266 g/mol. The first-order valence-electron chi connectivity index (χ1n) is 6.48. The summed E-state index contributed by atoms with van der Waals surface area (Å²) in [6.07, 6.45) is 2.07. The van der Waals surface area contributed by atoms with Crippen molar-refractivity contribution < 1.29 is 14.7 Å². The summed E-state index contributed by atoms with van der Waals surface area (Å²) in [5.41, 5.74) is 0. The van der Waals surface area contributed by atoms with Gasteiger partial charge in [-0.15, -0.1) is 5.10 Å². The molecule has 1 heterocycles. The Bertz CT molecular complexity index is 481. The maximum absolute atomic E-state index is 12.2. The van der Waals surface area contributed by atoms with Crippen molar-refractivity contribution in [3.8, 4) is 0 Å². The molecule has 1 atom stereocenters. The number of carboxylic acid groups (broad SMARTS) is 1. The van der Waals surface area contributed by atoms with Crippen molar-refractivity contribution in [2.45, 2.75) is 45.1 Å². The minimum absolute atomic E-state index is 0.0838. The molecular weight excluding hydrogens is 248 g/mol. The first-order valence-corrected chi connectivity index (χ1v) is 6.48. The van der Waals surface area contributed by atoms with Gasteiger partial charge in [0.05, 0.1) is 6.42 Å². The highest BCUT2D eigenvalue weighted by Gasteiger charge is 2.30. The molecule has 0 saturated heterocycles. The lowest BCUT2D eigenvalue weighted by Crippen LogP contribution is -2.40. The number of hydrogen-bond donors (Lipinski definition) is 2. The van der Waals surface area contributed by atoms with E-state index in [1.165, 1.54) is 4.90 Å². The minimum Gasteiger partial charge on any atom is -0.481 e. The molecule has 1 amide bonds. The number of H-pyrrole nitrogens is 1. The van der Waals surface area contributed by atoms with Crippen molar-refractivity contribution in [2.24, 2.45) is 0 Å². The largest absolute Gasteiger partial charge is 0.481 e. The first kappa shape index (κ1) is 13.5. The molecule has 1 aromatic rings. The topological polar surface area (TPSA) is 99.2 Å². The Morgan fingerprint density at radius 2 is 2.21 bits per heavy atom. The summed E-state index contributed by atoms with van der Waals surface area (Å²) in [7, 11) is 0. The molecule has 1 saturated carbocycles. The van der Waals surface area contributed by atoms with E-state index >= 15 is 0 Å². The van der Waals surface area contributed by atoms with Gasteiger partial charge < -0.3 is 10.0 Å². The van der Waals surface area contributed by atoms with Gasteiger partial charge in [0.1, 0.15) is 5.82 Å². The molecule has 1 aliphatic rings. The highest BCUT2D eigenvalue weighted by molar-refractivity contribution is 5.90. The zero-order valence-corrected chi connectivity index (χ0v) is 11.1. The Morgan fingerprint density at radius 1 is 1.53 bits per heavy atom. The molecule has 0 radical (unpaired) electrons. The van der Waals surface area contributed by atoms with E-state index in [-0.39, 0.29) is 24.2 Å². The molecule has 1 aliphatic carbocycles. The fourth-order valence-electron chi connectivity index (χ4n) is 2.06. The van der Waals surface area contributed by atoms with E-state index in [1.54, 1.807) is 6.92 Å². The molecule has 0 aliphatic heterocycles. The molecular formula is C12H18N4O3. The highest BCUT2D eigenvalue weighted by atomic mass is 16.4. The lowest BCUT2D eigenvalue weighted by molar-refractivity contribution is -0.138. The number of rotatable bonds is 6. The van der Waals surface area contributed by atoms with E-state index in [9.17, 15) is 9.59 Å². The zero-order chi connectivity index (χ0) is 14.0. The molecule has 7 nitrogen and oxygen atoms in total. The number of carbonyl (C=O) groups excluding carboxylic acids is 1. The number of aliphatic carboxylic acids is 1. The van der Waals surface area contributed by atoms with E-state index in [4.69, 9.17) is 5.11 Å². The number of nitrogens with zero attached hydrogens (tertiary/aromatic N) is 3. The van der Waals surface area contributed by atoms with Crippen LogP contribution in [0.4, 0.5) is 0 Å². The Balaban J connectivity index is 2.07. The maximum Gasteiger partial charge on any atom is 0.305 e. The lowest BCUT2D eigenvalue weighted by Gasteiger charge is -2.25. The van der Waals surface area contributed by atoms with E-state index < -0.39 is 5.97 Å². The maximum atomic E-state index is 12.2. The summed E-state index contributed by atoms with van der Waals surface area (Å²) in [5, 5.41) is 15.5. The molecule has 1 unspecified atom stereocenters. The number of carbonyl (C=O) groups is 2. The third-order valence-corrected chi connectivity index (χ3v) is 3.26. The molecule has 19 heavy (non-hydrogen) atoms. The highest BCUT2D eigenvalue weighted by Crippen LogP contribution is 2.37. The van der Waals surface area contributed by atoms with Gasteiger partial charge in [0.2, 0.25) is 5.82 Å². The van der Waals surface area contributed by atoms with E-state index in [0.29, 0.717) is 12.5 Å². The van der Waals surface area contributed by atoms with Crippen LogP contribution >= 0.6 is 0 Å². The van der Waals surface area contributed by atoms with Gasteiger partial charge in [-0.1, -0.05) is 0 Å². The Morgan fingerprint density at radius 3 is 2.74 bits per heavy atom. The fraction of sp³-hybridized carbons (Fsp3) is 0.667. The van der Waals surface area contributed by atoms with Crippen LogP contribution in [-0.4, -0.2) is 49.7 Å². The predicted molar refractivity (Wildman–Crippen MR) is 66.8 cm³/mol. The Hall–Kier alpha value is -1.92. The van der Waals surface area contributed by atoms with Crippen LogP contribution in [0.15, 0.2) is 0 Å². The average molecular weight is 266 g/mol. The summed E-state index contributed by atoms with van der Waals surface area (Å²) in [6.45, 7) is 3.95. The van der Waals surface area contributed by atoms with Crippen molar-refractivity contribution in [1.82, 2.24) is 20.1 Å². The van der Waals surface area contributed by atoms with Crippen molar-refractivity contribution in [3.05, 3.63) is 11.6 Å². The SMILES string of the molecule is CCN(C(=O)c1n[nH]c(C2CC2)n1)C(C)CC(=O)O. The second-order valence-electron chi connectivity index (χ2n) is 4.86. The summed E-state index contributed by atoms with van der Waals surface area (Å²) in [5.74, 6) is 0.0404. The Labute approximate surface area is 111 Å². The third-order valence-electron chi connectivity index (χ3n) is 3.26. The van der Waals surface area contributed by atoms with Crippen LogP contribution in [0, 0.1) is 0 Å². The molecule has 1 fully saturated rings. The van der Waals surface area contributed by atoms with E-state index in [2.05, 4.69) is 15.2 Å². The van der Waals surface area contributed by atoms with Crippen molar-refractivity contribution in [3.63, 3.8) is 0 Å². The molecule has 0 bridgehead atoms. The van der Waals surface area contributed by atoms with Gasteiger partial charge in [-0.3, -0.25) is 14.7 Å². The van der Waals surface area contributed by atoms with Gasteiger partial charge in [0, 0.05) is 18.5 Å². The molecule has 1 aromatic heterocycles. The second kappa shape index (κ2) is 5.38. The van der Waals surface area contributed by atoms with Crippen LogP contribution < -0.4 is 0 Å². The van der Waals surface area contributed by atoms with Crippen LogP contribution in [0.5, 0.6) is 0 Å². The second-order valence-corrected chi connectivity index (χ2v) is 4.86. The van der Waals surface area contributed by atoms with Gasteiger partial charge in [-0.05, 0) is 26.7 Å². The molecule has 2 N–H and O–H groups in total. The molecule has 2 rings (SSSR count). The van der Waals surface area contributed by atoms with Gasteiger partial charge in [-0.2, -0.15) is 0 Å². The number of amides is 1. The van der Waals surface area contributed by atoms with E-state index in [1.807, 2.05) is 6.92 Å². The van der Waals surface area contributed by atoms with Crippen LogP contribution in [0.1, 0.15) is 55.5 Å². The van der Waals surface area contributed by atoms with Crippen LogP contribution in [-0.2, 0) is 4.79 Å². The molecule has 0 aromatic carbocycles. The average Bonchev–Trinajstić information content (AvgIpc) is 3.07. The van der Waals surface area contributed by atoms with Gasteiger partial charge in [-0.25, -0.2) is 4.98 Å².